The normalized spacial score (nSPS) is 33.6. The molecule has 0 spiro atoms. The zero-order valence-electron chi connectivity index (χ0n) is 6.04. The number of esters is 1. The molecule has 0 aromatic heterocycles. The molecule has 1 rings (SSSR count). The molecule has 0 amide bonds. The van der Waals surface area contributed by atoms with Gasteiger partial charge in [0.25, 0.3) is 0 Å². The fourth-order valence-electron chi connectivity index (χ4n) is 1.07. The Morgan fingerprint density at radius 1 is 1.70 bits per heavy atom. The number of cyclic esters (lactones) is 1. The maximum atomic E-state index is 10.9. The second-order valence-electron chi connectivity index (χ2n) is 2.70. The smallest absolute Gasteiger partial charge is 0.311 e. The summed E-state index contributed by atoms with van der Waals surface area (Å²) in [5, 5.41) is 8.65. The Bertz CT molecular complexity index is 133. The molecule has 0 aromatic carbocycles. The first kappa shape index (κ1) is 7.54. The van der Waals surface area contributed by atoms with Crippen LogP contribution < -0.4 is 0 Å². The largest absolute Gasteiger partial charge is 0.462 e. The van der Waals surface area contributed by atoms with Gasteiger partial charge in [-0.3, -0.25) is 4.79 Å². The van der Waals surface area contributed by atoms with Crippen molar-refractivity contribution in [2.75, 3.05) is 6.61 Å². The van der Waals surface area contributed by atoms with E-state index in [-0.39, 0.29) is 24.6 Å². The zero-order valence-corrected chi connectivity index (χ0v) is 6.04. The summed E-state index contributed by atoms with van der Waals surface area (Å²) in [6.07, 6.45) is 1.67. The van der Waals surface area contributed by atoms with Crippen molar-refractivity contribution in [3.05, 3.63) is 0 Å². The minimum Gasteiger partial charge on any atom is -0.462 e. The van der Waals surface area contributed by atoms with Gasteiger partial charge in [0.2, 0.25) is 0 Å². The monoisotopic (exact) mass is 144 g/mol. The van der Waals surface area contributed by atoms with Crippen molar-refractivity contribution in [2.24, 2.45) is 5.92 Å². The number of ether oxygens (including phenoxy) is 1. The molecule has 1 heterocycles. The van der Waals surface area contributed by atoms with Gasteiger partial charge in [0.1, 0.15) is 0 Å². The highest BCUT2D eigenvalue weighted by Crippen LogP contribution is 2.18. The average molecular weight is 144 g/mol. The van der Waals surface area contributed by atoms with E-state index < -0.39 is 0 Å². The highest BCUT2D eigenvalue weighted by atomic mass is 16.5. The van der Waals surface area contributed by atoms with Gasteiger partial charge < -0.3 is 9.84 Å². The molecule has 1 saturated heterocycles. The second-order valence-corrected chi connectivity index (χ2v) is 2.70. The molecule has 1 aliphatic rings. The van der Waals surface area contributed by atoms with Crippen LogP contribution in [-0.2, 0) is 9.53 Å². The molecule has 3 heteroatoms. The molecule has 0 aromatic rings. The van der Waals surface area contributed by atoms with E-state index in [9.17, 15) is 4.79 Å². The third kappa shape index (κ3) is 1.48. The first-order valence-electron chi connectivity index (χ1n) is 3.55. The van der Waals surface area contributed by atoms with Gasteiger partial charge in [-0.25, -0.2) is 0 Å². The molecule has 0 bridgehead atoms. The van der Waals surface area contributed by atoms with E-state index in [1.165, 1.54) is 0 Å². The summed E-state index contributed by atoms with van der Waals surface area (Å²) in [4.78, 5) is 10.9. The summed E-state index contributed by atoms with van der Waals surface area (Å²) >= 11 is 0. The Balaban J connectivity index is 2.43. The van der Waals surface area contributed by atoms with Crippen LogP contribution in [0.2, 0.25) is 0 Å². The van der Waals surface area contributed by atoms with Crippen LogP contribution in [-0.4, -0.2) is 23.8 Å². The van der Waals surface area contributed by atoms with Crippen molar-refractivity contribution in [1.29, 1.82) is 0 Å². The summed E-state index contributed by atoms with van der Waals surface area (Å²) < 4.78 is 4.89. The molecule has 1 aliphatic heterocycles. The number of hydrogen-bond acceptors (Lipinski definition) is 3. The Labute approximate surface area is 60.0 Å². The lowest BCUT2D eigenvalue weighted by Gasteiger charge is -2.23. The van der Waals surface area contributed by atoms with Crippen LogP contribution >= 0.6 is 0 Å². The van der Waals surface area contributed by atoms with Crippen molar-refractivity contribution in [3.8, 4) is 0 Å². The van der Waals surface area contributed by atoms with E-state index in [4.69, 9.17) is 9.84 Å². The summed E-state index contributed by atoms with van der Waals surface area (Å²) in [5.41, 5.74) is 0. The third-order valence-corrected chi connectivity index (χ3v) is 1.79. The summed E-state index contributed by atoms with van der Waals surface area (Å²) in [7, 11) is 0. The van der Waals surface area contributed by atoms with E-state index in [0.29, 0.717) is 0 Å². The summed E-state index contributed by atoms with van der Waals surface area (Å²) in [6.45, 7) is 1.79. The summed E-state index contributed by atoms with van der Waals surface area (Å²) in [6, 6.07) is 0. The maximum absolute atomic E-state index is 10.9. The Morgan fingerprint density at radius 3 is 2.90 bits per heavy atom. The van der Waals surface area contributed by atoms with Crippen LogP contribution in [0.15, 0.2) is 0 Å². The van der Waals surface area contributed by atoms with Crippen LogP contribution in [0.1, 0.15) is 19.8 Å². The Hall–Kier alpha value is -0.570. The van der Waals surface area contributed by atoms with E-state index in [1.54, 1.807) is 0 Å². The lowest BCUT2D eigenvalue weighted by Crippen LogP contribution is -2.31. The van der Waals surface area contributed by atoms with E-state index in [2.05, 4.69) is 0 Å². The highest BCUT2D eigenvalue weighted by molar-refractivity contribution is 5.73. The highest BCUT2D eigenvalue weighted by Gasteiger charge is 2.26. The van der Waals surface area contributed by atoms with Gasteiger partial charge in [0.15, 0.2) is 0 Å². The first-order valence-corrected chi connectivity index (χ1v) is 3.55. The van der Waals surface area contributed by atoms with Crippen molar-refractivity contribution in [3.63, 3.8) is 0 Å². The van der Waals surface area contributed by atoms with Crippen molar-refractivity contribution in [1.82, 2.24) is 0 Å². The maximum Gasteiger partial charge on any atom is 0.311 e. The van der Waals surface area contributed by atoms with Crippen LogP contribution in [0, 0.1) is 5.92 Å². The molecule has 58 valence electrons. The zero-order chi connectivity index (χ0) is 7.56. The van der Waals surface area contributed by atoms with Crippen LogP contribution in [0.5, 0.6) is 0 Å². The molecule has 0 radical (unpaired) electrons. The standard InChI is InChI=1S/C7H12O3/c1-5-2-3-6(4-8)7(9)10-5/h5-6,8H,2-4H2,1H3/t5-,6?/m1/s1. The molecule has 10 heavy (non-hydrogen) atoms. The SMILES string of the molecule is C[C@@H]1CCC(CO)C(=O)O1. The van der Waals surface area contributed by atoms with E-state index in [1.807, 2.05) is 6.92 Å². The van der Waals surface area contributed by atoms with Crippen molar-refractivity contribution < 1.29 is 14.6 Å². The third-order valence-electron chi connectivity index (χ3n) is 1.79. The van der Waals surface area contributed by atoms with E-state index >= 15 is 0 Å². The molecule has 1 N–H and O–H groups in total. The first-order chi connectivity index (χ1) is 4.74. The Kier molecular flexibility index (Phi) is 2.27. The molecule has 1 fully saturated rings. The van der Waals surface area contributed by atoms with Gasteiger partial charge in [0, 0.05) is 0 Å². The molecule has 0 aliphatic carbocycles. The van der Waals surface area contributed by atoms with Crippen molar-refractivity contribution in [2.45, 2.75) is 25.9 Å². The summed E-state index contributed by atoms with van der Waals surface area (Å²) in [5.74, 6) is -0.516. The minimum atomic E-state index is -0.267. The van der Waals surface area contributed by atoms with Gasteiger partial charge in [-0.05, 0) is 19.8 Å². The van der Waals surface area contributed by atoms with E-state index in [0.717, 1.165) is 12.8 Å². The predicted octanol–water partition coefficient (Wildman–Crippen LogP) is 0.320. The lowest BCUT2D eigenvalue weighted by molar-refractivity contribution is -0.160. The molecular weight excluding hydrogens is 132 g/mol. The fourth-order valence-corrected chi connectivity index (χ4v) is 1.07. The van der Waals surface area contributed by atoms with Gasteiger partial charge >= 0.3 is 5.97 Å². The molecule has 0 saturated carbocycles. The number of rotatable bonds is 1. The predicted molar refractivity (Wildman–Crippen MR) is 35.4 cm³/mol. The fraction of sp³-hybridized carbons (Fsp3) is 0.857. The molecule has 1 unspecified atom stereocenters. The molecule has 2 atom stereocenters. The van der Waals surface area contributed by atoms with Gasteiger partial charge in [-0.2, -0.15) is 0 Å². The Morgan fingerprint density at radius 2 is 2.40 bits per heavy atom. The quantitative estimate of drug-likeness (QED) is 0.539. The van der Waals surface area contributed by atoms with Gasteiger partial charge in [-0.1, -0.05) is 0 Å². The number of carbonyl (C=O) groups is 1. The lowest BCUT2D eigenvalue weighted by atomic mass is 9.99. The number of hydrogen-bond donors (Lipinski definition) is 1. The van der Waals surface area contributed by atoms with Crippen LogP contribution in [0.4, 0.5) is 0 Å². The van der Waals surface area contributed by atoms with Gasteiger partial charge in [0.05, 0.1) is 18.6 Å². The molecular formula is C7H12O3. The number of aliphatic hydroxyl groups excluding tert-OH is 1. The average Bonchev–Trinajstić information content (AvgIpc) is 1.88. The number of carbonyl (C=O) groups excluding carboxylic acids is 1. The molecule has 3 nitrogen and oxygen atoms in total. The topological polar surface area (TPSA) is 46.5 Å². The van der Waals surface area contributed by atoms with Crippen LogP contribution in [0.3, 0.4) is 0 Å². The van der Waals surface area contributed by atoms with Gasteiger partial charge in [-0.15, -0.1) is 0 Å². The second kappa shape index (κ2) is 3.01. The van der Waals surface area contributed by atoms with Crippen LogP contribution in [0.25, 0.3) is 0 Å². The van der Waals surface area contributed by atoms with Crippen molar-refractivity contribution >= 4 is 5.97 Å². The number of aliphatic hydroxyl groups is 1. The minimum absolute atomic E-state index is 0.0373.